The summed E-state index contributed by atoms with van der Waals surface area (Å²) in [5.74, 6) is -1.82. The van der Waals surface area contributed by atoms with Crippen LogP contribution in [0.5, 0.6) is 0 Å². The Hall–Kier alpha value is -2.04. The van der Waals surface area contributed by atoms with Gasteiger partial charge in [0, 0.05) is 5.57 Å². The predicted octanol–water partition coefficient (Wildman–Crippen LogP) is -0.0531. The minimum Gasteiger partial charge on any atom is -0.478 e. The number of carbonyl (C=O) groups excluding carboxylic acids is 1. The molecule has 5 nitrogen and oxygen atoms in total. The van der Waals surface area contributed by atoms with Crippen molar-refractivity contribution in [2.75, 3.05) is 0 Å². The average molecular weight is 176 g/mol. The van der Waals surface area contributed by atoms with E-state index in [-0.39, 0.29) is 11.3 Å². The maximum absolute atomic E-state index is 11.3. The van der Waals surface area contributed by atoms with Crippen molar-refractivity contribution in [2.45, 2.75) is 0 Å². The molecule has 0 bridgehead atoms. The quantitative estimate of drug-likeness (QED) is 0.449. The molecule has 1 N–H and O–H groups in total. The van der Waals surface area contributed by atoms with Gasteiger partial charge in [-0.15, -0.1) is 5.10 Å². The van der Waals surface area contributed by atoms with E-state index in [1.807, 2.05) is 0 Å². The lowest BCUT2D eigenvalue weighted by Gasteiger charge is -2.05. The summed E-state index contributed by atoms with van der Waals surface area (Å²) >= 11 is 0. The molecule has 2 rings (SSSR count). The molecule has 0 aromatic rings. The summed E-state index contributed by atoms with van der Waals surface area (Å²) in [7, 11) is 0. The summed E-state index contributed by atoms with van der Waals surface area (Å²) < 4.78 is 0. The second-order valence-electron chi connectivity index (χ2n) is 2.53. The molecule has 0 aromatic carbocycles. The zero-order valence-electron chi connectivity index (χ0n) is 6.39. The van der Waals surface area contributed by atoms with Gasteiger partial charge < -0.3 is 5.11 Å². The van der Waals surface area contributed by atoms with Crippen molar-refractivity contribution in [3.05, 3.63) is 23.3 Å². The molecular weight excluding hydrogens is 172 g/mol. The lowest BCUT2D eigenvalue weighted by molar-refractivity contribution is -0.133. The number of rotatable bonds is 1. The Morgan fingerprint density at radius 3 is 2.85 bits per heavy atom. The van der Waals surface area contributed by atoms with E-state index in [0.717, 1.165) is 0 Å². The normalized spacial score (nSPS) is 19.1. The molecule has 1 aliphatic heterocycles. The highest BCUT2D eigenvalue weighted by Crippen LogP contribution is 2.15. The predicted molar refractivity (Wildman–Crippen MR) is 44.7 cm³/mol. The van der Waals surface area contributed by atoms with Crippen LogP contribution in [0.25, 0.3) is 0 Å². The summed E-state index contributed by atoms with van der Waals surface area (Å²) in [6, 6.07) is 0. The minimum atomic E-state index is -1.24. The Labute approximate surface area is 72.8 Å². The van der Waals surface area contributed by atoms with E-state index in [1.54, 1.807) is 0 Å². The third kappa shape index (κ3) is 1.01. The van der Waals surface area contributed by atoms with E-state index < -0.39 is 11.8 Å². The minimum absolute atomic E-state index is 0.111. The van der Waals surface area contributed by atoms with Gasteiger partial charge in [0.1, 0.15) is 11.3 Å². The number of hydrogen-bond donors (Lipinski definition) is 1. The topological polar surface area (TPSA) is 79.1 Å². The lowest BCUT2D eigenvalue weighted by Crippen LogP contribution is -2.24. The molecule has 1 aliphatic carbocycles. The second kappa shape index (κ2) is 2.48. The first kappa shape index (κ1) is 7.60. The van der Waals surface area contributed by atoms with E-state index in [9.17, 15) is 9.59 Å². The molecule has 0 fully saturated rings. The summed E-state index contributed by atoms with van der Waals surface area (Å²) in [5.41, 5.74) is 0.405. The maximum atomic E-state index is 11.3. The molecule has 0 saturated carbocycles. The Morgan fingerprint density at radius 2 is 2.15 bits per heavy atom. The molecule has 2 aliphatic rings. The van der Waals surface area contributed by atoms with Crippen molar-refractivity contribution in [1.82, 2.24) is 0 Å². The molecule has 64 valence electrons. The highest BCUT2D eigenvalue weighted by molar-refractivity contribution is 6.60. The fourth-order valence-electron chi connectivity index (χ4n) is 1.11. The van der Waals surface area contributed by atoms with Gasteiger partial charge in [-0.3, -0.25) is 4.79 Å². The number of carboxylic acid groups (broad SMARTS) is 1. The van der Waals surface area contributed by atoms with Gasteiger partial charge in [-0.25, -0.2) is 4.79 Å². The third-order valence-corrected chi connectivity index (χ3v) is 1.75. The molecule has 5 heteroatoms. The van der Waals surface area contributed by atoms with Gasteiger partial charge in [-0.2, -0.15) is 5.10 Å². The molecule has 0 aromatic heterocycles. The number of carbonyl (C=O) groups is 2. The smallest absolute Gasteiger partial charge is 0.339 e. The van der Waals surface area contributed by atoms with Crippen LogP contribution in [0.3, 0.4) is 0 Å². The number of ketones is 1. The van der Waals surface area contributed by atoms with Crippen LogP contribution in [0.15, 0.2) is 33.5 Å². The van der Waals surface area contributed by atoms with Gasteiger partial charge in [0.15, 0.2) is 0 Å². The van der Waals surface area contributed by atoms with Crippen LogP contribution in [0.2, 0.25) is 0 Å². The Bertz CT molecular complexity index is 427. The monoisotopic (exact) mass is 176 g/mol. The third-order valence-electron chi connectivity index (χ3n) is 1.75. The molecule has 0 amide bonds. The van der Waals surface area contributed by atoms with Gasteiger partial charge in [0.25, 0.3) is 0 Å². The van der Waals surface area contributed by atoms with Gasteiger partial charge in [-0.1, -0.05) is 0 Å². The van der Waals surface area contributed by atoms with Crippen LogP contribution >= 0.6 is 0 Å². The number of aliphatic carboxylic acids is 1. The van der Waals surface area contributed by atoms with Crippen molar-refractivity contribution in [3.63, 3.8) is 0 Å². The van der Waals surface area contributed by atoms with Crippen molar-refractivity contribution >= 4 is 23.7 Å². The zero-order chi connectivity index (χ0) is 9.42. The number of nitrogens with zero attached hydrogens (tertiary/aromatic N) is 2. The molecule has 13 heavy (non-hydrogen) atoms. The molecular formula is C8H4N2O3. The molecule has 0 spiro atoms. The second-order valence-corrected chi connectivity index (χ2v) is 2.53. The van der Waals surface area contributed by atoms with Crippen LogP contribution in [-0.4, -0.2) is 28.8 Å². The summed E-state index contributed by atoms with van der Waals surface area (Å²) in [4.78, 5) is 21.9. The maximum Gasteiger partial charge on any atom is 0.339 e. The number of fused-ring (bicyclic) bond motifs is 1. The van der Waals surface area contributed by atoms with Crippen molar-refractivity contribution in [3.8, 4) is 0 Å². The Balaban J connectivity index is 2.49. The number of Topliss-reactive ketones (excluding diaryl/α,β-unsaturated/α-hetero) is 1. The van der Waals surface area contributed by atoms with Gasteiger partial charge >= 0.3 is 5.97 Å². The Kier molecular flexibility index (Phi) is 1.45. The molecule has 0 radical (unpaired) electrons. The average Bonchev–Trinajstić information content (AvgIpc) is 2.52. The summed E-state index contributed by atoms with van der Waals surface area (Å²) in [5, 5.41) is 15.7. The highest BCUT2D eigenvalue weighted by atomic mass is 16.4. The molecule has 0 saturated heterocycles. The Morgan fingerprint density at radius 1 is 1.38 bits per heavy atom. The zero-order valence-corrected chi connectivity index (χ0v) is 6.39. The van der Waals surface area contributed by atoms with Crippen LogP contribution < -0.4 is 0 Å². The van der Waals surface area contributed by atoms with E-state index in [0.29, 0.717) is 5.57 Å². The fourth-order valence-corrected chi connectivity index (χ4v) is 1.11. The van der Waals surface area contributed by atoms with E-state index in [4.69, 9.17) is 5.11 Å². The molecule has 0 atom stereocenters. The lowest BCUT2D eigenvalue weighted by atomic mass is 9.96. The number of allylic oxidation sites excluding steroid dienone is 3. The first-order chi connectivity index (χ1) is 6.20. The van der Waals surface area contributed by atoms with Crippen LogP contribution in [-0.2, 0) is 9.59 Å². The summed E-state index contributed by atoms with van der Waals surface area (Å²) in [6.07, 6.45) is 4.19. The van der Waals surface area contributed by atoms with Gasteiger partial charge in [0.2, 0.25) is 5.78 Å². The van der Waals surface area contributed by atoms with E-state index in [1.165, 1.54) is 18.4 Å². The number of hydrogen-bond acceptors (Lipinski definition) is 4. The molecule has 1 heterocycles. The first-order valence-corrected chi connectivity index (χ1v) is 3.51. The highest BCUT2D eigenvalue weighted by Gasteiger charge is 2.29. The van der Waals surface area contributed by atoms with Gasteiger partial charge in [0.05, 0.1) is 6.21 Å². The van der Waals surface area contributed by atoms with Crippen LogP contribution in [0.1, 0.15) is 0 Å². The van der Waals surface area contributed by atoms with Gasteiger partial charge in [-0.05, 0) is 12.2 Å². The largest absolute Gasteiger partial charge is 0.478 e. The fraction of sp³-hybridized carbons (Fsp3) is 0. The van der Waals surface area contributed by atoms with Crippen LogP contribution in [0, 0.1) is 0 Å². The summed E-state index contributed by atoms with van der Waals surface area (Å²) in [6.45, 7) is 0. The number of carboxylic acids is 1. The van der Waals surface area contributed by atoms with E-state index >= 15 is 0 Å². The van der Waals surface area contributed by atoms with Crippen molar-refractivity contribution in [1.29, 1.82) is 0 Å². The standard InChI is InChI=1S/C8H4N2O3/c11-7-5(8(12)13)2-1-4-3-9-10-6(4)7/h1-3H,(H,12,13). The molecule has 0 unspecified atom stereocenters. The first-order valence-electron chi connectivity index (χ1n) is 3.51. The van der Waals surface area contributed by atoms with E-state index in [2.05, 4.69) is 10.2 Å². The van der Waals surface area contributed by atoms with Crippen molar-refractivity contribution in [2.24, 2.45) is 10.2 Å². The van der Waals surface area contributed by atoms with Crippen LogP contribution in [0.4, 0.5) is 0 Å². The SMILES string of the molecule is O=C(O)C1=CC=C2C=NN=C2C1=O. The van der Waals surface area contributed by atoms with Crippen molar-refractivity contribution < 1.29 is 14.7 Å².